The number of hydrogen-bond donors (Lipinski definition) is 2. The summed E-state index contributed by atoms with van der Waals surface area (Å²) in [5.74, 6) is 0.851. The molecule has 0 aliphatic rings. The van der Waals surface area contributed by atoms with Gasteiger partial charge < -0.3 is 20.3 Å². The molecule has 7 heteroatoms. The SMILES string of the molecule is COc1ccc(N(C)CCNC(=S)Nc2ccc(Br)c(Cl)c2)cc1. The van der Waals surface area contributed by atoms with Crippen LogP contribution >= 0.6 is 39.7 Å². The Bertz CT molecular complexity index is 697. The second-order valence-corrected chi connectivity index (χ2v) is 6.80. The third-order valence-corrected chi connectivity index (χ3v) is 4.90. The van der Waals surface area contributed by atoms with E-state index in [1.165, 1.54) is 0 Å². The van der Waals surface area contributed by atoms with Crippen molar-refractivity contribution in [1.82, 2.24) is 5.32 Å². The summed E-state index contributed by atoms with van der Waals surface area (Å²) < 4.78 is 6.02. The molecule has 4 nitrogen and oxygen atoms in total. The molecule has 2 aromatic rings. The first-order valence-electron chi connectivity index (χ1n) is 7.34. The van der Waals surface area contributed by atoms with Crippen molar-refractivity contribution in [3.05, 3.63) is 52.0 Å². The number of nitrogens with zero attached hydrogens (tertiary/aromatic N) is 1. The molecule has 0 unspecified atom stereocenters. The van der Waals surface area contributed by atoms with Crippen molar-refractivity contribution in [1.29, 1.82) is 0 Å². The van der Waals surface area contributed by atoms with E-state index in [4.69, 9.17) is 28.6 Å². The van der Waals surface area contributed by atoms with Crippen molar-refractivity contribution >= 4 is 56.2 Å². The number of halogens is 2. The van der Waals surface area contributed by atoms with Crippen molar-refractivity contribution in [2.24, 2.45) is 0 Å². The summed E-state index contributed by atoms with van der Waals surface area (Å²) in [6, 6.07) is 13.6. The van der Waals surface area contributed by atoms with Gasteiger partial charge in [-0.3, -0.25) is 0 Å². The van der Waals surface area contributed by atoms with Gasteiger partial charge in [0.25, 0.3) is 0 Å². The number of nitrogens with one attached hydrogen (secondary N) is 2. The molecule has 2 N–H and O–H groups in total. The van der Waals surface area contributed by atoms with Crippen LogP contribution < -0.4 is 20.3 Å². The molecule has 0 fully saturated rings. The van der Waals surface area contributed by atoms with E-state index in [0.717, 1.165) is 34.7 Å². The summed E-state index contributed by atoms with van der Waals surface area (Å²) >= 11 is 14.7. The van der Waals surface area contributed by atoms with E-state index in [1.54, 1.807) is 7.11 Å². The predicted octanol–water partition coefficient (Wildman–Crippen LogP) is 4.53. The summed E-state index contributed by atoms with van der Waals surface area (Å²) in [4.78, 5) is 2.14. The fourth-order valence-corrected chi connectivity index (χ4v) is 2.70. The van der Waals surface area contributed by atoms with Crippen LogP contribution in [-0.4, -0.2) is 32.4 Å². The molecule has 0 spiro atoms. The van der Waals surface area contributed by atoms with Crippen LogP contribution in [0.3, 0.4) is 0 Å². The maximum absolute atomic E-state index is 6.07. The number of thiocarbonyl (C=S) groups is 1. The lowest BCUT2D eigenvalue weighted by Gasteiger charge is -2.20. The number of likely N-dealkylation sites (N-methyl/N-ethyl adjacent to an activating group) is 1. The van der Waals surface area contributed by atoms with E-state index in [-0.39, 0.29) is 0 Å². The number of ether oxygens (including phenoxy) is 1. The normalized spacial score (nSPS) is 10.2. The van der Waals surface area contributed by atoms with Crippen LogP contribution in [0.1, 0.15) is 0 Å². The van der Waals surface area contributed by atoms with E-state index < -0.39 is 0 Å². The van der Waals surface area contributed by atoms with Gasteiger partial charge in [0.05, 0.1) is 12.1 Å². The number of anilines is 2. The third kappa shape index (κ3) is 5.54. The monoisotopic (exact) mass is 427 g/mol. The first-order valence-corrected chi connectivity index (χ1v) is 8.92. The summed E-state index contributed by atoms with van der Waals surface area (Å²) in [5.41, 5.74) is 1.97. The van der Waals surface area contributed by atoms with Gasteiger partial charge in [-0.25, -0.2) is 0 Å². The molecule has 0 atom stereocenters. The Morgan fingerprint density at radius 2 is 1.96 bits per heavy atom. The molecule has 0 aliphatic heterocycles. The number of hydrogen-bond acceptors (Lipinski definition) is 3. The Morgan fingerprint density at radius 1 is 1.25 bits per heavy atom. The number of methoxy groups -OCH3 is 1. The number of rotatable bonds is 6. The average Bonchev–Trinajstić information content (AvgIpc) is 2.58. The maximum atomic E-state index is 6.07. The summed E-state index contributed by atoms with van der Waals surface area (Å²) in [5, 5.41) is 7.51. The Balaban J connectivity index is 1.77. The van der Waals surface area contributed by atoms with Gasteiger partial charge in [0.15, 0.2) is 5.11 Å². The van der Waals surface area contributed by atoms with Gasteiger partial charge in [0.1, 0.15) is 5.75 Å². The fraction of sp³-hybridized carbons (Fsp3) is 0.235. The zero-order valence-corrected chi connectivity index (χ0v) is 16.6. The van der Waals surface area contributed by atoms with E-state index in [9.17, 15) is 0 Å². The van der Waals surface area contributed by atoms with Crippen molar-refractivity contribution in [2.75, 3.05) is 37.5 Å². The highest BCUT2D eigenvalue weighted by Crippen LogP contribution is 2.25. The van der Waals surface area contributed by atoms with E-state index >= 15 is 0 Å². The van der Waals surface area contributed by atoms with E-state index in [0.29, 0.717) is 10.1 Å². The van der Waals surface area contributed by atoms with Crippen molar-refractivity contribution < 1.29 is 4.74 Å². The van der Waals surface area contributed by atoms with Gasteiger partial charge in [0, 0.05) is 36.0 Å². The zero-order chi connectivity index (χ0) is 17.5. The minimum absolute atomic E-state index is 0.566. The summed E-state index contributed by atoms with van der Waals surface area (Å²) in [6.07, 6.45) is 0. The topological polar surface area (TPSA) is 36.5 Å². The van der Waals surface area contributed by atoms with Gasteiger partial charge in [-0.2, -0.15) is 0 Å². The fourth-order valence-electron chi connectivity index (χ4n) is 2.05. The summed E-state index contributed by atoms with van der Waals surface area (Å²) in [6.45, 7) is 1.54. The van der Waals surface area contributed by atoms with Gasteiger partial charge in [-0.15, -0.1) is 0 Å². The molecule has 24 heavy (non-hydrogen) atoms. The molecule has 0 saturated heterocycles. The van der Waals surface area contributed by atoms with E-state index in [2.05, 4.69) is 31.5 Å². The quantitative estimate of drug-likeness (QED) is 0.661. The lowest BCUT2D eigenvalue weighted by atomic mass is 10.3. The molecule has 2 rings (SSSR count). The molecule has 0 aliphatic carbocycles. The lowest BCUT2D eigenvalue weighted by molar-refractivity contribution is 0.415. The van der Waals surface area contributed by atoms with Crippen LogP contribution in [0.4, 0.5) is 11.4 Å². The molecule has 0 heterocycles. The van der Waals surface area contributed by atoms with Gasteiger partial charge in [-0.1, -0.05) is 11.6 Å². The maximum Gasteiger partial charge on any atom is 0.170 e. The molecule has 0 amide bonds. The Kier molecular flexibility index (Phi) is 7.15. The smallest absolute Gasteiger partial charge is 0.170 e. The van der Waals surface area contributed by atoms with Gasteiger partial charge >= 0.3 is 0 Å². The first kappa shape index (κ1) is 18.8. The molecular weight excluding hydrogens is 410 g/mol. The largest absolute Gasteiger partial charge is 0.497 e. The molecule has 0 bridgehead atoms. The lowest BCUT2D eigenvalue weighted by Crippen LogP contribution is -2.35. The van der Waals surface area contributed by atoms with Crippen LogP contribution in [0, 0.1) is 0 Å². The highest BCUT2D eigenvalue weighted by molar-refractivity contribution is 9.10. The minimum Gasteiger partial charge on any atom is -0.497 e. The molecule has 0 radical (unpaired) electrons. The summed E-state index contributed by atoms with van der Waals surface area (Å²) in [7, 11) is 3.70. The zero-order valence-electron chi connectivity index (χ0n) is 13.5. The third-order valence-electron chi connectivity index (χ3n) is 3.42. The van der Waals surface area contributed by atoms with Crippen LogP contribution in [0.15, 0.2) is 46.9 Å². The van der Waals surface area contributed by atoms with Crippen LogP contribution in [0.2, 0.25) is 5.02 Å². The van der Waals surface area contributed by atoms with Crippen LogP contribution in [-0.2, 0) is 0 Å². The minimum atomic E-state index is 0.566. The predicted molar refractivity (Wildman–Crippen MR) is 110 cm³/mol. The highest BCUT2D eigenvalue weighted by Gasteiger charge is 2.03. The highest BCUT2D eigenvalue weighted by atomic mass is 79.9. The number of benzene rings is 2. The van der Waals surface area contributed by atoms with E-state index in [1.807, 2.05) is 49.5 Å². The van der Waals surface area contributed by atoms with Gasteiger partial charge in [0.2, 0.25) is 0 Å². The standard InChI is InChI=1S/C17H19BrClN3OS/c1-22(13-4-6-14(23-2)7-5-13)10-9-20-17(24)21-12-3-8-15(18)16(19)11-12/h3-8,11H,9-10H2,1-2H3,(H2,20,21,24). The Labute approximate surface area is 161 Å². The van der Waals surface area contributed by atoms with Crippen LogP contribution in [0.25, 0.3) is 0 Å². The molecule has 2 aromatic carbocycles. The first-order chi connectivity index (χ1) is 11.5. The molecule has 0 aromatic heterocycles. The molecule has 128 valence electrons. The van der Waals surface area contributed by atoms with Crippen molar-refractivity contribution in [2.45, 2.75) is 0 Å². The van der Waals surface area contributed by atoms with Crippen LogP contribution in [0.5, 0.6) is 5.75 Å². The molecule has 0 saturated carbocycles. The van der Waals surface area contributed by atoms with Crippen molar-refractivity contribution in [3.8, 4) is 5.75 Å². The molecular formula is C17H19BrClN3OS. The average molecular weight is 429 g/mol. The van der Waals surface area contributed by atoms with Crippen molar-refractivity contribution in [3.63, 3.8) is 0 Å². The Morgan fingerprint density at radius 3 is 2.58 bits per heavy atom. The second-order valence-electron chi connectivity index (χ2n) is 5.13. The Hall–Kier alpha value is -1.50. The van der Waals surface area contributed by atoms with Gasteiger partial charge in [-0.05, 0) is 70.6 Å². The second kappa shape index (κ2) is 9.11.